The fourth-order valence-electron chi connectivity index (χ4n) is 7.08. The normalized spacial score (nSPS) is 49.1. The molecule has 0 aromatic carbocycles. The summed E-state index contributed by atoms with van der Waals surface area (Å²) < 4.78 is 10.1. The number of aliphatic hydroxyl groups excluding tert-OH is 2. The number of rotatable bonds is 2. The highest BCUT2D eigenvalue weighted by molar-refractivity contribution is 5.82. The summed E-state index contributed by atoms with van der Waals surface area (Å²) in [5.41, 5.74) is -2.45. The summed E-state index contributed by atoms with van der Waals surface area (Å²) in [6, 6.07) is 0. The molecule has 1 spiro atoms. The van der Waals surface area contributed by atoms with Crippen molar-refractivity contribution >= 4 is 11.9 Å². The minimum absolute atomic E-state index is 0.0419. The van der Waals surface area contributed by atoms with Crippen LogP contribution in [-0.2, 0) is 19.1 Å². The number of carbonyl (C=O) groups is 2. The highest BCUT2D eigenvalue weighted by Crippen LogP contribution is 2.73. The zero-order valence-corrected chi connectivity index (χ0v) is 16.5. The van der Waals surface area contributed by atoms with Crippen LogP contribution in [0.5, 0.6) is 0 Å². The lowest BCUT2D eigenvalue weighted by Crippen LogP contribution is -2.54. The minimum atomic E-state index is -1.51. The van der Waals surface area contributed by atoms with E-state index in [0.29, 0.717) is 31.3 Å². The number of fused-ring (bicyclic) bond motifs is 3. The number of hydrogen-bond donors (Lipinski definition) is 3. The number of carbonyl (C=O) groups excluding carboxylic acids is 2. The molecule has 7 nitrogen and oxygen atoms in total. The van der Waals surface area contributed by atoms with E-state index in [2.05, 4.69) is 6.58 Å². The molecule has 2 bridgehead atoms. The third-order valence-electron chi connectivity index (χ3n) is 8.27. The van der Waals surface area contributed by atoms with Gasteiger partial charge in [-0.25, -0.2) is 0 Å². The summed E-state index contributed by atoms with van der Waals surface area (Å²) >= 11 is 0. The van der Waals surface area contributed by atoms with Crippen molar-refractivity contribution in [3.05, 3.63) is 24.0 Å². The summed E-state index contributed by atoms with van der Waals surface area (Å²) in [5.74, 6) is -3.10. The van der Waals surface area contributed by atoms with Crippen LogP contribution in [0.15, 0.2) is 24.0 Å². The van der Waals surface area contributed by atoms with Crippen molar-refractivity contribution in [3.8, 4) is 0 Å². The summed E-state index contributed by atoms with van der Waals surface area (Å²) in [6.07, 6.45) is 2.12. The van der Waals surface area contributed by atoms with Crippen LogP contribution in [0.3, 0.4) is 0 Å². The molecule has 0 aromatic heterocycles. The lowest BCUT2D eigenvalue weighted by atomic mass is 9.60. The number of esters is 2. The number of hydrogen-bond acceptors (Lipinski definition) is 7. The van der Waals surface area contributed by atoms with Crippen LogP contribution in [-0.4, -0.2) is 53.2 Å². The van der Waals surface area contributed by atoms with E-state index in [9.17, 15) is 24.9 Å². The van der Waals surface area contributed by atoms with Crippen molar-refractivity contribution < 1.29 is 34.4 Å². The van der Waals surface area contributed by atoms with Gasteiger partial charge in [0, 0.05) is 0 Å². The van der Waals surface area contributed by atoms with E-state index in [1.54, 1.807) is 13.0 Å². The van der Waals surface area contributed by atoms with E-state index in [4.69, 9.17) is 9.47 Å². The first-order valence-electron chi connectivity index (χ1n) is 9.72. The highest BCUT2D eigenvalue weighted by Gasteiger charge is 2.75. The molecule has 0 radical (unpaired) electrons. The summed E-state index contributed by atoms with van der Waals surface area (Å²) in [5, 5.41) is 32.3. The monoisotopic (exact) mass is 392 g/mol. The molecule has 4 aliphatic rings. The van der Waals surface area contributed by atoms with Crippen LogP contribution in [0.4, 0.5) is 0 Å². The molecule has 1 unspecified atom stereocenters. The Hall–Kier alpha value is -1.86. The van der Waals surface area contributed by atoms with Crippen LogP contribution < -0.4 is 0 Å². The first-order chi connectivity index (χ1) is 13.1. The molecule has 8 atom stereocenters. The SMILES string of the molecule is C=C1C[C@]23C[C@@]1(O)CC[C@H]2C1C=C(O)[C@H](O)[C@@](C)(C(=O)OC)[C@H]1[C@@H]3C(=O)OC. The van der Waals surface area contributed by atoms with Gasteiger partial charge in [-0.2, -0.15) is 0 Å². The van der Waals surface area contributed by atoms with Crippen molar-refractivity contribution in [1.82, 2.24) is 0 Å². The van der Waals surface area contributed by atoms with E-state index in [-0.39, 0.29) is 17.6 Å². The Labute approximate surface area is 164 Å². The molecule has 3 N–H and O–H groups in total. The maximum atomic E-state index is 13.1. The van der Waals surface area contributed by atoms with Crippen LogP contribution in [0.2, 0.25) is 0 Å². The molecular weight excluding hydrogens is 364 g/mol. The van der Waals surface area contributed by atoms with Gasteiger partial charge < -0.3 is 24.8 Å². The Morgan fingerprint density at radius 3 is 2.57 bits per heavy atom. The van der Waals surface area contributed by atoms with Gasteiger partial charge in [0.25, 0.3) is 0 Å². The fourth-order valence-corrected chi connectivity index (χ4v) is 7.08. The van der Waals surface area contributed by atoms with Crippen LogP contribution >= 0.6 is 0 Å². The highest BCUT2D eigenvalue weighted by atomic mass is 16.5. The topological polar surface area (TPSA) is 113 Å². The predicted octanol–water partition coefficient (Wildman–Crippen LogP) is 1.49. The molecule has 3 saturated carbocycles. The maximum absolute atomic E-state index is 13.1. The number of methoxy groups -OCH3 is 2. The van der Waals surface area contributed by atoms with Crippen molar-refractivity contribution in [1.29, 1.82) is 0 Å². The third kappa shape index (κ3) is 2.06. The quantitative estimate of drug-likeness (QED) is 0.482. The Kier molecular flexibility index (Phi) is 4.05. The molecule has 0 aromatic rings. The first-order valence-corrected chi connectivity index (χ1v) is 9.72. The minimum Gasteiger partial charge on any atom is -0.510 e. The second-order valence-electron chi connectivity index (χ2n) is 9.24. The Balaban J connectivity index is 1.95. The van der Waals surface area contributed by atoms with Gasteiger partial charge in [-0.1, -0.05) is 6.58 Å². The van der Waals surface area contributed by atoms with E-state index in [1.807, 2.05) is 0 Å². The lowest BCUT2D eigenvalue weighted by Gasteiger charge is -2.44. The maximum Gasteiger partial charge on any atom is 0.314 e. The van der Waals surface area contributed by atoms with Crippen LogP contribution in [0.25, 0.3) is 0 Å². The van der Waals surface area contributed by atoms with Crippen LogP contribution in [0.1, 0.15) is 32.6 Å². The Morgan fingerprint density at radius 1 is 1.29 bits per heavy atom. The van der Waals surface area contributed by atoms with Gasteiger partial charge in [0.05, 0.1) is 25.7 Å². The van der Waals surface area contributed by atoms with E-state index in [1.165, 1.54) is 14.2 Å². The van der Waals surface area contributed by atoms with Crippen molar-refractivity contribution in [2.24, 2.45) is 34.5 Å². The summed E-state index contributed by atoms with van der Waals surface area (Å²) in [4.78, 5) is 25.9. The standard InChI is InChI=1S/C21H28O7/c1-10-8-20-9-21(10,26)6-5-12(20)11-7-13(22)16(23)19(2,18(25)28-4)14(11)15(20)17(24)27-3/h7,11-12,14-16,22-23,26H,1,5-6,8-9H2,2-4H3/t11?,12-,14+,15+,16-,19-,20-,21-/m0/s1. The van der Waals surface area contributed by atoms with E-state index >= 15 is 0 Å². The fraction of sp³-hybridized carbons (Fsp3) is 0.714. The third-order valence-corrected chi connectivity index (χ3v) is 8.27. The second kappa shape index (κ2) is 5.83. The molecule has 7 heteroatoms. The Morgan fingerprint density at radius 2 is 1.96 bits per heavy atom. The van der Waals surface area contributed by atoms with Gasteiger partial charge in [0.1, 0.15) is 17.3 Å². The van der Waals surface area contributed by atoms with Gasteiger partial charge in [-0.3, -0.25) is 9.59 Å². The molecule has 4 rings (SSSR count). The summed E-state index contributed by atoms with van der Waals surface area (Å²) in [7, 11) is 2.54. The molecule has 28 heavy (non-hydrogen) atoms. The average molecular weight is 392 g/mol. The zero-order chi connectivity index (χ0) is 20.6. The van der Waals surface area contributed by atoms with Crippen LogP contribution in [0, 0.1) is 34.5 Å². The smallest absolute Gasteiger partial charge is 0.314 e. The average Bonchev–Trinajstić information content (AvgIpc) is 3.04. The summed E-state index contributed by atoms with van der Waals surface area (Å²) in [6.45, 7) is 5.62. The van der Waals surface area contributed by atoms with Crippen molar-refractivity contribution in [2.45, 2.75) is 44.3 Å². The molecular formula is C21H28O7. The molecule has 154 valence electrons. The largest absolute Gasteiger partial charge is 0.510 e. The molecule has 0 aliphatic heterocycles. The van der Waals surface area contributed by atoms with Gasteiger partial charge in [-0.05, 0) is 67.4 Å². The van der Waals surface area contributed by atoms with Gasteiger partial charge in [0.15, 0.2) is 0 Å². The van der Waals surface area contributed by atoms with Gasteiger partial charge in [0.2, 0.25) is 0 Å². The second-order valence-corrected chi connectivity index (χ2v) is 9.24. The number of allylic oxidation sites excluding steroid dienone is 1. The molecule has 3 fully saturated rings. The van der Waals surface area contributed by atoms with Crippen molar-refractivity contribution in [3.63, 3.8) is 0 Å². The number of ether oxygens (including phenoxy) is 2. The lowest BCUT2D eigenvalue weighted by molar-refractivity contribution is -0.174. The van der Waals surface area contributed by atoms with Gasteiger partial charge in [-0.15, -0.1) is 0 Å². The van der Waals surface area contributed by atoms with Gasteiger partial charge >= 0.3 is 11.9 Å². The predicted molar refractivity (Wildman–Crippen MR) is 97.8 cm³/mol. The molecule has 0 amide bonds. The first kappa shape index (κ1) is 19.5. The zero-order valence-electron chi connectivity index (χ0n) is 16.5. The van der Waals surface area contributed by atoms with Crippen molar-refractivity contribution in [2.75, 3.05) is 14.2 Å². The number of aliphatic hydroxyl groups is 3. The Bertz CT molecular complexity index is 788. The molecule has 4 aliphatic carbocycles. The van der Waals surface area contributed by atoms with E-state index < -0.39 is 46.3 Å². The van der Waals surface area contributed by atoms with E-state index in [0.717, 1.165) is 0 Å². The molecule has 0 heterocycles. The molecule has 0 saturated heterocycles.